The Kier molecular flexibility index (Phi) is 4.49. The monoisotopic (exact) mass is 340 g/mol. The van der Waals surface area contributed by atoms with Gasteiger partial charge in [0.1, 0.15) is 11.5 Å². The number of rotatable bonds is 5. The average Bonchev–Trinajstić information content (AvgIpc) is 3.18. The van der Waals surface area contributed by atoms with Gasteiger partial charge < -0.3 is 9.42 Å². The third kappa shape index (κ3) is 4.34. The van der Waals surface area contributed by atoms with Crippen LogP contribution >= 0.6 is 0 Å². The van der Waals surface area contributed by atoms with Crippen molar-refractivity contribution in [1.29, 1.82) is 0 Å². The first-order valence-corrected chi connectivity index (χ1v) is 10.1. The highest BCUT2D eigenvalue weighted by Crippen LogP contribution is 2.39. The summed E-state index contributed by atoms with van der Waals surface area (Å²) in [7, 11) is -3.54. The van der Waals surface area contributed by atoms with E-state index in [4.69, 9.17) is 4.52 Å². The minimum atomic E-state index is -3.54. The Morgan fingerprint density at radius 3 is 2.57 bits per heavy atom. The maximum absolute atomic E-state index is 12.3. The van der Waals surface area contributed by atoms with Crippen molar-refractivity contribution in [2.24, 2.45) is 11.8 Å². The predicted molar refractivity (Wildman–Crippen MR) is 85.5 cm³/mol. The van der Waals surface area contributed by atoms with Crippen molar-refractivity contribution in [2.45, 2.75) is 44.8 Å². The molecule has 1 aliphatic carbocycles. The number of sulfone groups is 1. The van der Waals surface area contributed by atoms with E-state index in [0.29, 0.717) is 36.6 Å². The summed E-state index contributed by atoms with van der Waals surface area (Å²) < 4.78 is 29.7. The molecule has 6 nitrogen and oxygen atoms in total. The number of hydrogen-bond donors (Lipinski definition) is 0. The van der Waals surface area contributed by atoms with Crippen LogP contribution in [0.3, 0.4) is 0 Å². The number of likely N-dealkylation sites (tertiary alicyclic amines) is 1. The molecule has 1 aliphatic heterocycles. The van der Waals surface area contributed by atoms with Crippen LogP contribution in [-0.2, 0) is 20.4 Å². The van der Waals surface area contributed by atoms with E-state index in [1.807, 2.05) is 0 Å². The lowest BCUT2D eigenvalue weighted by Gasteiger charge is -2.34. The zero-order chi connectivity index (χ0) is 16.6. The molecule has 2 fully saturated rings. The van der Waals surface area contributed by atoms with Crippen LogP contribution in [0.2, 0.25) is 0 Å². The van der Waals surface area contributed by atoms with E-state index in [0.717, 1.165) is 25.0 Å². The number of carbonyl (C=O) groups is 1. The molecule has 23 heavy (non-hydrogen) atoms. The number of piperidine rings is 1. The Balaban J connectivity index is 1.59. The summed E-state index contributed by atoms with van der Waals surface area (Å²) in [5, 5.41) is 3.92. The molecular formula is C16H24N2O4S. The van der Waals surface area contributed by atoms with E-state index in [1.165, 1.54) is 0 Å². The van der Waals surface area contributed by atoms with Gasteiger partial charge >= 0.3 is 0 Å². The largest absolute Gasteiger partial charge is 0.360 e. The molecule has 2 heterocycles. The Labute approximate surface area is 137 Å². The first-order chi connectivity index (χ1) is 10.8. The molecule has 2 unspecified atom stereocenters. The van der Waals surface area contributed by atoms with Crippen LogP contribution in [0.1, 0.15) is 50.5 Å². The Bertz CT molecular complexity index is 668. The van der Waals surface area contributed by atoms with Crippen molar-refractivity contribution in [2.75, 3.05) is 18.8 Å². The Morgan fingerprint density at radius 1 is 1.30 bits per heavy atom. The summed E-state index contributed by atoms with van der Waals surface area (Å²) in [4.78, 5) is 14.0. The summed E-state index contributed by atoms with van der Waals surface area (Å²) in [6.07, 6.45) is 3.25. The van der Waals surface area contributed by atoms with Crippen LogP contribution in [-0.4, -0.2) is 43.2 Å². The Hall–Kier alpha value is -1.37. The topological polar surface area (TPSA) is 80.5 Å². The highest BCUT2D eigenvalue weighted by molar-refractivity contribution is 7.91. The molecule has 3 rings (SSSR count). The summed E-state index contributed by atoms with van der Waals surface area (Å²) >= 11 is 0. The van der Waals surface area contributed by atoms with Gasteiger partial charge in [0.05, 0.1) is 5.69 Å². The van der Waals surface area contributed by atoms with E-state index < -0.39 is 15.6 Å². The Morgan fingerprint density at radius 2 is 1.96 bits per heavy atom. The minimum Gasteiger partial charge on any atom is -0.360 e. The zero-order valence-corrected chi connectivity index (χ0v) is 14.5. The maximum Gasteiger partial charge on any atom is 0.237 e. The second-order valence-corrected chi connectivity index (χ2v) is 9.33. The van der Waals surface area contributed by atoms with Crippen LogP contribution in [0.5, 0.6) is 0 Å². The van der Waals surface area contributed by atoms with Crippen LogP contribution in [0.15, 0.2) is 10.6 Å². The van der Waals surface area contributed by atoms with Gasteiger partial charge in [-0.3, -0.25) is 4.79 Å². The maximum atomic E-state index is 12.3. The van der Waals surface area contributed by atoms with Gasteiger partial charge in [0.25, 0.3) is 0 Å². The summed E-state index contributed by atoms with van der Waals surface area (Å²) in [6.45, 7) is 5.48. The van der Waals surface area contributed by atoms with E-state index >= 15 is 0 Å². The smallest absolute Gasteiger partial charge is 0.237 e. The van der Waals surface area contributed by atoms with Crippen molar-refractivity contribution in [1.82, 2.24) is 10.1 Å². The number of amides is 1. The lowest BCUT2D eigenvalue weighted by molar-refractivity contribution is -0.131. The highest BCUT2D eigenvalue weighted by atomic mass is 32.2. The van der Waals surface area contributed by atoms with E-state index in [9.17, 15) is 13.2 Å². The zero-order valence-electron chi connectivity index (χ0n) is 13.7. The molecule has 128 valence electrons. The fraction of sp³-hybridized carbons (Fsp3) is 0.750. The highest BCUT2D eigenvalue weighted by Gasteiger charge is 2.30. The second-order valence-electron chi connectivity index (χ2n) is 7.27. The van der Waals surface area contributed by atoms with Crippen LogP contribution in [0.4, 0.5) is 0 Å². The normalized spacial score (nSPS) is 25.6. The van der Waals surface area contributed by atoms with Gasteiger partial charge in [-0.05, 0) is 31.1 Å². The number of hydrogen-bond acceptors (Lipinski definition) is 5. The van der Waals surface area contributed by atoms with Gasteiger partial charge in [0, 0.05) is 25.1 Å². The molecule has 1 aromatic heterocycles. The van der Waals surface area contributed by atoms with Crippen molar-refractivity contribution in [3.05, 3.63) is 17.5 Å². The first kappa shape index (κ1) is 16.5. The molecule has 1 saturated carbocycles. The molecule has 0 radical (unpaired) electrons. The standard InChI is InChI=1S/C16H24N2O4S/c1-11-5-12(2)8-18(7-11)16(19)10-23(20,21)9-14-6-15(17-22-14)13-3-4-13/h6,11-13H,3-5,7-10H2,1-2H3. The average molecular weight is 340 g/mol. The molecule has 7 heteroatoms. The molecule has 1 saturated heterocycles. The van der Waals surface area contributed by atoms with Crippen molar-refractivity contribution >= 4 is 15.7 Å². The summed E-state index contributed by atoms with van der Waals surface area (Å²) in [5.74, 6) is 0.587. The fourth-order valence-electron chi connectivity index (χ4n) is 3.38. The van der Waals surface area contributed by atoms with Crippen molar-refractivity contribution in [3.8, 4) is 0 Å². The predicted octanol–water partition coefficient (Wildman–Crippen LogP) is 1.97. The van der Waals surface area contributed by atoms with Crippen LogP contribution < -0.4 is 0 Å². The molecule has 0 N–H and O–H groups in total. The molecule has 1 amide bonds. The summed E-state index contributed by atoms with van der Waals surface area (Å²) in [6, 6.07) is 1.71. The lowest BCUT2D eigenvalue weighted by Crippen LogP contribution is -2.45. The van der Waals surface area contributed by atoms with Gasteiger partial charge in [-0.15, -0.1) is 0 Å². The number of carbonyl (C=O) groups excluding carboxylic acids is 1. The lowest BCUT2D eigenvalue weighted by atomic mass is 9.92. The van der Waals surface area contributed by atoms with E-state index in [-0.39, 0.29) is 11.7 Å². The van der Waals surface area contributed by atoms with Crippen LogP contribution in [0.25, 0.3) is 0 Å². The molecule has 0 aromatic carbocycles. The first-order valence-electron chi connectivity index (χ1n) is 8.26. The molecule has 0 spiro atoms. The molecular weight excluding hydrogens is 316 g/mol. The summed E-state index contributed by atoms with van der Waals surface area (Å²) in [5.41, 5.74) is 0.834. The quantitative estimate of drug-likeness (QED) is 0.818. The number of nitrogens with zero attached hydrogens (tertiary/aromatic N) is 2. The third-order valence-corrected chi connectivity index (χ3v) is 5.91. The molecule has 2 aliphatic rings. The van der Waals surface area contributed by atoms with Gasteiger partial charge in [-0.1, -0.05) is 19.0 Å². The molecule has 2 atom stereocenters. The number of aromatic nitrogens is 1. The second kappa shape index (κ2) is 6.26. The minimum absolute atomic E-state index is 0.253. The molecule has 1 aromatic rings. The van der Waals surface area contributed by atoms with Gasteiger partial charge in [-0.2, -0.15) is 0 Å². The van der Waals surface area contributed by atoms with Crippen LogP contribution in [0, 0.1) is 11.8 Å². The van der Waals surface area contributed by atoms with Gasteiger partial charge in [0.2, 0.25) is 5.91 Å². The van der Waals surface area contributed by atoms with Gasteiger partial charge in [-0.25, -0.2) is 8.42 Å². The van der Waals surface area contributed by atoms with Crippen molar-refractivity contribution in [3.63, 3.8) is 0 Å². The third-order valence-electron chi connectivity index (χ3n) is 4.50. The van der Waals surface area contributed by atoms with Gasteiger partial charge in [0.15, 0.2) is 15.6 Å². The fourth-order valence-corrected chi connectivity index (χ4v) is 4.61. The van der Waals surface area contributed by atoms with E-state index in [2.05, 4.69) is 19.0 Å². The molecule has 0 bridgehead atoms. The van der Waals surface area contributed by atoms with Crippen molar-refractivity contribution < 1.29 is 17.7 Å². The van der Waals surface area contributed by atoms with E-state index in [1.54, 1.807) is 11.0 Å². The SMILES string of the molecule is CC1CC(C)CN(C(=O)CS(=O)(=O)Cc2cc(C3CC3)no2)C1.